The van der Waals surface area contributed by atoms with Crippen LogP contribution in [0.3, 0.4) is 0 Å². The Morgan fingerprint density at radius 3 is 2.42 bits per heavy atom. The number of carbonyl (C=O) groups is 3. The van der Waals surface area contributed by atoms with Crippen molar-refractivity contribution in [3.63, 3.8) is 0 Å². The lowest BCUT2D eigenvalue weighted by atomic mass is 10.0. The van der Waals surface area contributed by atoms with Gasteiger partial charge in [0.2, 0.25) is 5.91 Å². The maximum atomic E-state index is 12.1. The van der Waals surface area contributed by atoms with Crippen LogP contribution in [-0.4, -0.2) is 48.1 Å². The number of nitrogens with zero attached hydrogens (tertiary/aromatic N) is 1. The maximum absolute atomic E-state index is 12.1. The number of rotatable bonds is 6. The molecule has 0 bridgehead atoms. The van der Waals surface area contributed by atoms with E-state index in [4.69, 9.17) is 9.84 Å². The number of carbonyl (C=O) groups excluding carboxylic acids is 2. The molecule has 0 unspecified atom stereocenters. The number of carboxylic acids is 1. The Labute approximate surface area is 112 Å². The van der Waals surface area contributed by atoms with Crippen molar-refractivity contribution >= 4 is 17.8 Å². The number of carboxylic acid groups (broad SMARTS) is 1. The molecule has 1 rings (SSSR count). The quantitative estimate of drug-likeness (QED) is 0.726. The van der Waals surface area contributed by atoms with Gasteiger partial charge in [0.25, 0.3) is 0 Å². The summed E-state index contributed by atoms with van der Waals surface area (Å²) in [5, 5.41) is 8.90. The number of ether oxygens (including phenoxy) is 1. The number of hydrogen-bond acceptors (Lipinski definition) is 4. The minimum Gasteiger partial charge on any atom is -0.481 e. The average Bonchev–Trinajstić information content (AvgIpc) is 2.85. The van der Waals surface area contributed by atoms with Gasteiger partial charge in [-0.3, -0.25) is 14.4 Å². The Morgan fingerprint density at radius 2 is 1.89 bits per heavy atom. The van der Waals surface area contributed by atoms with Crippen molar-refractivity contribution in [1.82, 2.24) is 4.90 Å². The molecular formula is C13H21NO5. The average molecular weight is 271 g/mol. The van der Waals surface area contributed by atoms with E-state index in [0.717, 1.165) is 0 Å². The van der Waals surface area contributed by atoms with Gasteiger partial charge >= 0.3 is 11.9 Å². The van der Waals surface area contributed by atoms with E-state index in [1.54, 1.807) is 14.0 Å². The summed E-state index contributed by atoms with van der Waals surface area (Å²) < 4.78 is 4.79. The summed E-state index contributed by atoms with van der Waals surface area (Å²) in [6.07, 6.45) is 1.74. The fourth-order valence-corrected chi connectivity index (χ4v) is 2.34. The number of hydrogen-bond donors (Lipinski definition) is 1. The predicted octanol–water partition coefficient (Wildman–Crippen LogP) is 0.899. The fraction of sp³-hybridized carbons (Fsp3) is 0.769. The van der Waals surface area contributed by atoms with E-state index < -0.39 is 11.9 Å². The summed E-state index contributed by atoms with van der Waals surface area (Å²) in [6.45, 7) is 2.38. The number of esters is 1. The summed E-state index contributed by atoms with van der Waals surface area (Å²) >= 11 is 0. The Bertz CT molecular complexity index is 355. The highest BCUT2D eigenvalue weighted by Gasteiger charge is 2.35. The van der Waals surface area contributed by atoms with Crippen LogP contribution in [0.25, 0.3) is 0 Å². The van der Waals surface area contributed by atoms with Crippen molar-refractivity contribution in [3.8, 4) is 0 Å². The molecular weight excluding hydrogens is 250 g/mol. The summed E-state index contributed by atoms with van der Waals surface area (Å²) in [4.78, 5) is 35.6. The zero-order chi connectivity index (χ0) is 14.4. The van der Waals surface area contributed by atoms with Gasteiger partial charge in [0, 0.05) is 19.5 Å². The third-order valence-corrected chi connectivity index (χ3v) is 3.46. The van der Waals surface area contributed by atoms with E-state index >= 15 is 0 Å². The Morgan fingerprint density at radius 1 is 1.26 bits per heavy atom. The van der Waals surface area contributed by atoms with Crippen LogP contribution in [0.4, 0.5) is 0 Å². The lowest BCUT2D eigenvalue weighted by Gasteiger charge is -2.20. The van der Waals surface area contributed by atoms with Gasteiger partial charge in [-0.15, -0.1) is 0 Å². The normalized spacial score (nSPS) is 22.0. The second-order valence-corrected chi connectivity index (χ2v) is 4.86. The standard InChI is InChI=1S/C13H21NO5/c1-3-19-11(15)6-7-14(2)12(16)9-4-5-10(8-9)13(17)18/h9-10H,3-8H2,1-2H3,(H,17,18)/t9-,10+/m1/s1. The lowest BCUT2D eigenvalue weighted by Crippen LogP contribution is -2.34. The molecule has 1 amide bonds. The van der Waals surface area contributed by atoms with Crippen LogP contribution in [0.2, 0.25) is 0 Å². The van der Waals surface area contributed by atoms with Crippen molar-refractivity contribution in [3.05, 3.63) is 0 Å². The Balaban J connectivity index is 2.37. The summed E-state index contributed by atoms with van der Waals surface area (Å²) in [7, 11) is 1.63. The molecule has 2 atom stereocenters. The molecule has 0 aromatic rings. The van der Waals surface area contributed by atoms with Gasteiger partial charge in [0.15, 0.2) is 0 Å². The molecule has 19 heavy (non-hydrogen) atoms. The lowest BCUT2D eigenvalue weighted by molar-refractivity contribution is -0.144. The highest BCUT2D eigenvalue weighted by atomic mass is 16.5. The molecule has 6 nitrogen and oxygen atoms in total. The molecule has 0 saturated heterocycles. The highest BCUT2D eigenvalue weighted by Crippen LogP contribution is 2.32. The molecule has 0 aliphatic heterocycles. The first-order valence-corrected chi connectivity index (χ1v) is 6.59. The van der Waals surface area contributed by atoms with Crippen molar-refractivity contribution in [1.29, 1.82) is 0 Å². The SMILES string of the molecule is CCOC(=O)CCN(C)C(=O)[C@@H]1CC[C@H](C(=O)O)C1. The second kappa shape index (κ2) is 7.11. The summed E-state index contributed by atoms with van der Waals surface area (Å²) in [5.74, 6) is -1.87. The zero-order valence-corrected chi connectivity index (χ0v) is 11.4. The van der Waals surface area contributed by atoms with Crippen molar-refractivity contribution in [2.75, 3.05) is 20.2 Å². The zero-order valence-electron chi connectivity index (χ0n) is 11.4. The monoisotopic (exact) mass is 271 g/mol. The van der Waals surface area contributed by atoms with Gasteiger partial charge in [-0.05, 0) is 26.2 Å². The van der Waals surface area contributed by atoms with Gasteiger partial charge in [-0.1, -0.05) is 0 Å². The first-order chi connectivity index (χ1) is 8.95. The molecule has 1 fully saturated rings. The molecule has 108 valence electrons. The van der Waals surface area contributed by atoms with E-state index in [9.17, 15) is 14.4 Å². The topological polar surface area (TPSA) is 83.9 Å². The minimum atomic E-state index is -0.829. The van der Waals surface area contributed by atoms with Gasteiger partial charge in [0.1, 0.15) is 0 Å². The largest absolute Gasteiger partial charge is 0.481 e. The first kappa shape index (κ1) is 15.5. The van der Waals surface area contributed by atoms with Crippen LogP contribution in [0.1, 0.15) is 32.6 Å². The Kier molecular flexibility index (Phi) is 5.79. The van der Waals surface area contributed by atoms with Crippen LogP contribution in [0, 0.1) is 11.8 Å². The summed E-state index contributed by atoms with van der Waals surface area (Å²) in [6, 6.07) is 0. The molecule has 0 radical (unpaired) electrons. The van der Waals surface area contributed by atoms with Gasteiger partial charge < -0.3 is 14.7 Å². The van der Waals surface area contributed by atoms with Crippen molar-refractivity contribution in [2.24, 2.45) is 11.8 Å². The summed E-state index contributed by atoms with van der Waals surface area (Å²) in [5.41, 5.74) is 0. The molecule has 1 aliphatic carbocycles. The Hall–Kier alpha value is -1.59. The van der Waals surface area contributed by atoms with Crippen LogP contribution >= 0.6 is 0 Å². The second-order valence-electron chi connectivity index (χ2n) is 4.86. The van der Waals surface area contributed by atoms with Crippen LogP contribution in [0.5, 0.6) is 0 Å². The van der Waals surface area contributed by atoms with Crippen LogP contribution in [-0.2, 0) is 19.1 Å². The molecule has 1 saturated carbocycles. The van der Waals surface area contributed by atoms with Gasteiger partial charge in [0.05, 0.1) is 18.9 Å². The number of amides is 1. The van der Waals surface area contributed by atoms with Crippen LogP contribution < -0.4 is 0 Å². The maximum Gasteiger partial charge on any atom is 0.307 e. The highest BCUT2D eigenvalue weighted by molar-refractivity contribution is 5.81. The molecule has 1 N–H and O–H groups in total. The van der Waals surface area contributed by atoms with E-state index in [1.165, 1.54) is 4.90 Å². The fourth-order valence-electron chi connectivity index (χ4n) is 2.34. The molecule has 6 heteroatoms. The molecule has 0 aromatic carbocycles. The van der Waals surface area contributed by atoms with Gasteiger partial charge in [-0.25, -0.2) is 0 Å². The van der Waals surface area contributed by atoms with E-state index in [-0.39, 0.29) is 24.2 Å². The number of aliphatic carboxylic acids is 1. The first-order valence-electron chi connectivity index (χ1n) is 6.59. The van der Waals surface area contributed by atoms with E-state index in [1.807, 2.05) is 0 Å². The van der Waals surface area contributed by atoms with Crippen molar-refractivity contribution in [2.45, 2.75) is 32.6 Å². The van der Waals surface area contributed by atoms with Gasteiger partial charge in [-0.2, -0.15) is 0 Å². The molecule has 0 spiro atoms. The third kappa shape index (κ3) is 4.54. The molecule has 0 heterocycles. The smallest absolute Gasteiger partial charge is 0.307 e. The minimum absolute atomic E-state index is 0.0759. The van der Waals surface area contributed by atoms with Crippen LogP contribution in [0.15, 0.2) is 0 Å². The molecule has 0 aromatic heterocycles. The molecule has 1 aliphatic rings. The van der Waals surface area contributed by atoms with Crippen molar-refractivity contribution < 1.29 is 24.2 Å². The van der Waals surface area contributed by atoms with E-state index in [2.05, 4.69) is 0 Å². The predicted molar refractivity (Wildman–Crippen MR) is 67.4 cm³/mol. The van der Waals surface area contributed by atoms with E-state index in [0.29, 0.717) is 32.4 Å². The third-order valence-electron chi connectivity index (χ3n) is 3.46.